The first-order valence-electron chi connectivity index (χ1n) is 4.58. The molecule has 0 saturated carbocycles. The molecule has 15 heavy (non-hydrogen) atoms. The van der Waals surface area contributed by atoms with Crippen molar-refractivity contribution in [2.75, 3.05) is 0 Å². The first kappa shape index (κ1) is 11.3. The van der Waals surface area contributed by atoms with Gasteiger partial charge in [-0.05, 0) is 25.5 Å². The number of hydrogen-bond donors (Lipinski definition) is 1. The fraction of sp³-hybridized carbons (Fsp3) is 0.400. The molecule has 0 radical (unpaired) electrons. The van der Waals surface area contributed by atoms with Crippen molar-refractivity contribution < 1.29 is 4.79 Å². The van der Waals surface area contributed by atoms with Crippen LogP contribution < -0.4 is 5.43 Å². The summed E-state index contributed by atoms with van der Waals surface area (Å²) in [7, 11) is 0. The molecular formula is C10H13N3O2. The highest BCUT2D eigenvalue weighted by molar-refractivity contribution is 5.77. The molecule has 1 atom stereocenters. The van der Waals surface area contributed by atoms with Gasteiger partial charge >= 0.3 is 0 Å². The number of hydrogen-bond acceptors (Lipinski definition) is 4. The lowest BCUT2D eigenvalue weighted by Crippen LogP contribution is -2.37. The van der Waals surface area contributed by atoms with Crippen molar-refractivity contribution in [2.24, 2.45) is 5.29 Å². The van der Waals surface area contributed by atoms with Crippen molar-refractivity contribution in [1.82, 2.24) is 10.4 Å². The molecule has 1 aromatic rings. The van der Waals surface area contributed by atoms with Crippen LogP contribution in [0.25, 0.3) is 0 Å². The third-order valence-corrected chi connectivity index (χ3v) is 2.19. The van der Waals surface area contributed by atoms with E-state index in [2.05, 4.69) is 15.7 Å². The van der Waals surface area contributed by atoms with Crippen molar-refractivity contribution in [3.63, 3.8) is 0 Å². The van der Waals surface area contributed by atoms with Gasteiger partial charge in [-0.25, -0.2) is 0 Å². The first-order valence-corrected chi connectivity index (χ1v) is 4.58. The zero-order valence-electron chi connectivity index (χ0n) is 8.73. The Balaban J connectivity index is 3.00. The second-order valence-electron chi connectivity index (χ2n) is 3.66. The molecule has 0 aliphatic rings. The van der Waals surface area contributed by atoms with Crippen molar-refractivity contribution in [3.8, 4) is 0 Å². The number of nitrogens with one attached hydrogen (secondary N) is 1. The van der Waals surface area contributed by atoms with Gasteiger partial charge in [0.05, 0.1) is 10.8 Å². The van der Waals surface area contributed by atoms with E-state index in [0.29, 0.717) is 0 Å². The molecule has 5 nitrogen and oxygen atoms in total. The van der Waals surface area contributed by atoms with Crippen molar-refractivity contribution in [3.05, 3.63) is 35.0 Å². The lowest BCUT2D eigenvalue weighted by molar-refractivity contribution is -0.118. The highest BCUT2D eigenvalue weighted by Gasteiger charge is 2.28. The molecular weight excluding hydrogens is 194 g/mol. The van der Waals surface area contributed by atoms with Gasteiger partial charge in [-0.15, -0.1) is 4.91 Å². The van der Waals surface area contributed by atoms with Crippen LogP contribution in [0.15, 0.2) is 29.8 Å². The molecule has 0 unspecified atom stereocenters. The Morgan fingerprint density at radius 2 is 2.40 bits per heavy atom. The van der Waals surface area contributed by atoms with Crippen molar-refractivity contribution in [2.45, 2.75) is 25.8 Å². The van der Waals surface area contributed by atoms with E-state index < -0.39 is 5.54 Å². The molecule has 0 saturated heterocycles. The molecule has 0 fully saturated rings. The molecule has 0 aromatic carbocycles. The van der Waals surface area contributed by atoms with E-state index in [1.165, 1.54) is 6.92 Å². The zero-order valence-corrected chi connectivity index (χ0v) is 8.73. The summed E-state index contributed by atoms with van der Waals surface area (Å²) >= 11 is 0. The lowest BCUT2D eigenvalue weighted by atomic mass is 9.89. The number of aromatic nitrogens is 1. The number of nitrogens with zero attached hydrogens (tertiary/aromatic N) is 2. The fourth-order valence-corrected chi connectivity index (χ4v) is 1.49. The predicted molar refractivity (Wildman–Crippen MR) is 55.8 cm³/mol. The molecule has 0 bridgehead atoms. The van der Waals surface area contributed by atoms with Crippen LogP contribution >= 0.6 is 0 Å². The SMILES string of the molecule is CC(=O)C[C@](C)(NN=O)c1cccnc1. The minimum Gasteiger partial charge on any atom is -0.300 e. The Labute approximate surface area is 87.9 Å². The summed E-state index contributed by atoms with van der Waals surface area (Å²) in [5, 5.41) is 2.66. The summed E-state index contributed by atoms with van der Waals surface area (Å²) < 4.78 is 0. The normalized spacial score (nSPS) is 14.0. The topological polar surface area (TPSA) is 71.4 Å². The Bertz CT molecular complexity index is 353. The maximum atomic E-state index is 11.1. The second kappa shape index (κ2) is 4.63. The summed E-state index contributed by atoms with van der Waals surface area (Å²) in [6.45, 7) is 3.22. The highest BCUT2D eigenvalue weighted by Crippen LogP contribution is 2.24. The second-order valence-corrected chi connectivity index (χ2v) is 3.66. The lowest BCUT2D eigenvalue weighted by Gasteiger charge is -2.26. The van der Waals surface area contributed by atoms with Crippen LogP contribution in [0.1, 0.15) is 25.8 Å². The van der Waals surface area contributed by atoms with Crippen LogP contribution in [0.5, 0.6) is 0 Å². The van der Waals surface area contributed by atoms with E-state index >= 15 is 0 Å². The minimum absolute atomic E-state index is 0.0162. The minimum atomic E-state index is -0.776. The highest BCUT2D eigenvalue weighted by atomic mass is 16.3. The van der Waals surface area contributed by atoms with E-state index in [0.717, 1.165) is 5.56 Å². The van der Waals surface area contributed by atoms with E-state index in [9.17, 15) is 9.70 Å². The third-order valence-electron chi connectivity index (χ3n) is 2.19. The van der Waals surface area contributed by atoms with Gasteiger partial charge in [0, 0.05) is 18.8 Å². The van der Waals surface area contributed by atoms with Gasteiger partial charge in [0.2, 0.25) is 0 Å². The smallest absolute Gasteiger partial charge is 0.132 e. The summed E-state index contributed by atoms with van der Waals surface area (Å²) in [6, 6.07) is 3.55. The maximum Gasteiger partial charge on any atom is 0.132 e. The molecule has 5 heteroatoms. The summed E-state index contributed by atoms with van der Waals surface area (Å²) in [5.74, 6) is -0.0162. The van der Waals surface area contributed by atoms with E-state index in [4.69, 9.17) is 0 Å². The fourth-order valence-electron chi connectivity index (χ4n) is 1.49. The van der Waals surface area contributed by atoms with Crippen LogP contribution in [0, 0.1) is 4.91 Å². The molecule has 0 aliphatic heterocycles. The molecule has 1 heterocycles. The van der Waals surface area contributed by atoms with Crippen LogP contribution in [0.4, 0.5) is 0 Å². The van der Waals surface area contributed by atoms with E-state index in [1.54, 1.807) is 31.5 Å². The number of nitroso groups, excluding NO2 is 1. The zero-order chi connectivity index (χ0) is 11.3. The molecule has 0 spiro atoms. The van der Waals surface area contributed by atoms with Gasteiger partial charge in [-0.2, -0.15) is 0 Å². The van der Waals surface area contributed by atoms with Crippen LogP contribution in [0.3, 0.4) is 0 Å². The number of rotatable bonds is 5. The van der Waals surface area contributed by atoms with Gasteiger partial charge in [0.15, 0.2) is 0 Å². The summed E-state index contributed by atoms with van der Waals surface area (Å²) in [6.07, 6.45) is 3.44. The first-order chi connectivity index (χ1) is 7.08. The molecule has 1 aromatic heterocycles. The van der Waals surface area contributed by atoms with Crippen molar-refractivity contribution in [1.29, 1.82) is 0 Å². The third kappa shape index (κ3) is 2.83. The largest absolute Gasteiger partial charge is 0.300 e. The van der Waals surface area contributed by atoms with Gasteiger partial charge in [-0.1, -0.05) is 6.07 Å². The quantitative estimate of drug-likeness (QED) is 0.587. The van der Waals surface area contributed by atoms with Crippen LogP contribution in [-0.2, 0) is 10.3 Å². The average molecular weight is 207 g/mol. The Kier molecular flexibility index (Phi) is 3.49. The summed E-state index contributed by atoms with van der Waals surface area (Å²) in [4.78, 5) is 25.3. The number of carbonyl (C=O) groups excluding carboxylic acids is 1. The molecule has 0 aliphatic carbocycles. The molecule has 0 amide bonds. The van der Waals surface area contributed by atoms with Gasteiger partial charge < -0.3 is 0 Å². The maximum absolute atomic E-state index is 11.1. The molecule has 1 N–H and O–H groups in total. The number of ketones is 1. The predicted octanol–water partition coefficient (Wildman–Crippen LogP) is 1.55. The van der Waals surface area contributed by atoms with Crippen molar-refractivity contribution >= 4 is 5.78 Å². The monoisotopic (exact) mass is 207 g/mol. The van der Waals surface area contributed by atoms with E-state index in [1.807, 2.05) is 0 Å². The van der Waals surface area contributed by atoms with Gasteiger partial charge in [-0.3, -0.25) is 15.2 Å². The van der Waals surface area contributed by atoms with Crippen LogP contribution in [-0.4, -0.2) is 10.8 Å². The molecule has 1 rings (SSSR count). The van der Waals surface area contributed by atoms with E-state index in [-0.39, 0.29) is 12.2 Å². The Morgan fingerprint density at radius 1 is 1.67 bits per heavy atom. The molecule has 80 valence electrons. The number of carbonyl (C=O) groups is 1. The number of pyridine rings is 1. The Hall–Kier alpha value is -1.78. The number of Topliss-reactive ketones (excluding diaryl/α,β-unsaturated/α-hetero) is 1. The average Bonchev–Trinajstić information content (AvgIpc) is 2.18. The van der Waals surface area contributed by atoms with Gasteiger partial charge in [0.1, 0.15) is 5.78 Å². The summed E-state index contributed by atoms with van der Waals surface area (Å²) in [5.41, 5.74) is 2.40. The van der Waals surface area contributed by atoms with Gasteiger partial charge in [0.25, 0.3) is 0 Å². The van der Waals surface area contributed by atoms with Crippen LogP contribution in [0.2, 0.25) is 0 Å². The Morgan fingerprint density at radius 3 is 2.87 bits per heavy atom. The standard InChI is InChI=1S/C10H13N3O2/c1-8(14)6-10(2,12-13-15)9-4-3-5-11-7-9/h3-5,7H,6H2,1-2H3,(H,12,15)/t10-/m0/s1.